The molecule has 0 unspecified atom stereocenters. The van der Waals surface area contributed by atoms with Gasteiger partial charge >= 0.3 is 0 Å². The molecule has 2 heterocycles. The van der Waals surface area contributed by atoms with E-state index in [4.69, 9.17) is 4.98 Å². The number of carbonyl (C=O) groups excluding carboxylic acids is 1. The van der Waals surface area contributed by atoms with Gasteiger partial charge in [-0.15, -0.1) is 0 Å². The van der Waals surface area contributed by atoms with E-state index < -0.39 is 0 Å². The van der Waals surface area contributed by atoms with Gasteiger partial charge in [0, 0.05) is 11.1 Å². The predicted octanol–water partition coefficient (Wildman–Crippen LogP) is 4.56. The van der Waals surface area contributed by atoms with Crippen LogP contribution in [0.3, 0.4) is 0 Å². The van der Waals surface area contributed by atoms with E-state index in [-0.39, 0.29) is 5.91 Å². The molecule has 3 rings (SSSR count). The molecule has 26 heavy (non-hydrogen) atoms. The van der Waals surface area contributed by atoms with Crippen LogP contribution < -0.4 is 5.32 Å². The molecule has 1 amide bonds. The standard InChI is InChI=1S/C22H31N3O/c1-3-5-12-19-17(10-4-2)22(18-11-6-7-13-20(18)23-19)24-21(26)16-25-14-8-9-15-25/h6-7,11,13H,3-5,8-10,12,14-16H2,1-2H3,(H,23,24,26). The number of aryl methyl sites for hydroxylation is 1. The molecular weight excluding hydrogens is 322 g/mol. The molecule has 0 bridgehead atoms. The molecule has 4 heteroatoms. The Balaban J connectivity index is 1.95. The van der Waals surface area contributed by atoms with Crippen molar-refractivity contribution in [1.29, 1.82) is 0 Å². The first-order valence-electron chi connectivity index (χ1n) is 10.2. The van der Waals surface area contributed by atoms with Gasteiger partial charge in [-0.3, -0.25) is 14.7 Å². The summed E-state index contributed by atoms with van der Waals surface area (Å²) in [6, 6.07) is 8.18. The van der Waals surface area contributed by atoms with Crippen molar-refractivity contribution < 1.29 is 4.79 Å². The number of nitrogens with zero attached hydrogens (tertiary/aromatic N) is 2. The van der Waals surface area contributed by atoms with Crippen LogP contribution in [0.2, 0.25) is 0 Å². The number of hydrogen-bond acceptors (Lipinski definition) is 3. The number of aromatic nitrogens is 1. The van der Waals surface area contributed by atoms with Crippen molar-refractivity contribution in [3.63, 3.8) is 0 Å². The predicted molar refractivity (Wildman–Crippen MR) is 109 cm³/mol. The molecule has 0 aliphatic carbocycles. The summed E-state index contributed by atoms with van der Waals surface area (Å²) >= 11 is 0. The fourth-order valence-electron chi connectivity index (χ4n) is 3.84. The second-order valence-electron chi connectivity index (χ2n) is 7.31. The lowest BCUT2D eigenvalue weighted by Crippen LogP contribution is -2.31. The Bertz CT molecular complexity index is 750. The molecule has 1 aromatic heterocycles. The molecule has 0 atom stereocenters. The average Bonchev–Trinajstić information content (AvgIpc) is 3.15. The van der Waals surface area contributed by atoms with Crippen LogP contribution in [0.15, 0.2) is 24.3 Å². The van der Waals surface area contributed by atoms with Crippen molar-refractivity contribution in [1.82, 2.24) is 9.88 Å². The average molecular weight is 354 g/mol. The van der Waals surface area contributed by atoms with E-state index in [0.29, 0.717) is 6.54 Å². The highest BCUT2D eigenvalue weighted by molar-refractivity contribution is 6.03. The number of likely N-dealkylation sites (tertiary alicyclic amines) is 1. The van der Waals surface area contributed by atoms with Crippen molar-refractivity contribution in [2.45, 2.75) is 58.8 Å². The Hall–Kier alpha value is -1.94. The van der Waals surface area contributed by atoms with Gasteiger partial charge in [-0.25, -0.2) is 0 Å². The maximum absolute atomic E-state index is 12.7. The summed E-state index contributed by atoms with van der Waals surface area (Å²) in [6.45, 7) is 6.96. The van der Waals surface area contributed by atoms with E-state index in [9.17, 15) is 4.79 Å². The Morgan fingerprint density at radius 1 is 1.12 bits per heavy atom. The van der Waals surface area contributed by atoms with Gasteiger partial charge in [0.15, 0.2) is 0 Å². The fraction of sp³-hybridized carbons (Fsp3) is 0.545. The zero-order chi connectivity index (χ0) is 18.4. The molecule has 4 nitrogen and oxygen atoms in total. The SMILES string of the molecule is CCCCc1nc2ccccc2c(NC(=O)CN2CCCC2)c1CCC. The van der Waals surface area contributed by atoms with Crippen LogP contribution in [-0.4, -0.2) is 35.4 Å². The Labute approximate surface area is 157 Å². The van der Waals surface area contributed by atoms with Crippen LogP contribution in [-0.2, 0) is 17.6 Å². The molecule has 2 aromatic rings. The molecule has 1 aliphatic rings. The highest BCUT2D eigenvalue weighted by Gasteiger charge is 2.19. The summed E-state index contributed by atoms with van der Waals surface area (Å²) in [7, 11) is 0. The highest BCUT2D eigenvalue weighted by atomic mass is 16.2. The number of hydrogen-bond donors (Lipinski definition) is 1. The van der Waals surface area contributed by atoms with E-state index in [0.717, 1.165) is 67.5 Å². The zero-order valence-corrected chi connectivity index (χ0v) is 16.2. The second kappa shape index (κ2) is 9.13. The number of anilines is 1. The van der Waals surface area contributed by atoms with E-state index in [2.05, 4.69) is 36.2 Å². The van der Waals surface area contributed by atoms with E-state index in [1.54, 1.807) is 0 Å². The van der Waals surface area contributed by atoms with Gasteiger partial charge in [0.05, 0.1) is 17.7 Å². The molecule has 1 N–H and O–H groups in total. The normalized spacial score (nSPS) is 14.8. The zero-order valence-electron chi connectivity index (χ0n) is 16.2. The van der Waals surface area contributed by atoms with Gasteiger partial charge in [0.25, 0.3) is 0 Å². The lowest BCUT2D eigenvalue weighted by molar-refractivity contribution is -0.117. The monoisotopic (exact) mass is 353 g/mol. The van der Waals surface area contributed by atoms with Crippen molar-refractivity contribution in [3.05, 3.63) is 35.5 Å². The number of carbonyl (C=O) groups is 1. The van der Waals surface area contributed by atoms with Gasteiger partial charge in [-0.1, -0.05) is 44.9 Å². The largest absolute Gasteiger partial charge is 0.324 e. The minimum atomic E-state index is 0.0991. The van der Waals surface area contributed by atoms with Crippen molar-refractivity contribution in [3.8, 4) is 0 Å². The molecule has 0 spiro atoms. The van der Waals surface area contributed by atoms with Crippen LogP contribution in [0.5, 0.6) is 0 Å². The van der Waals surface area contributed by atoms with Crippen LogP contribution in [0.1, 0.15) is 57.2 Å². The summed E-state index contributed by atoms with van der Waals surface area (Å²) in [5.41, 5.74) is 4.36. The lowest BCUT2D eigenvalue weighted by Gasteiger charge is -2.19. The minimum absolute atomic E-state index is 0.0991. The van der Waals surface area contributed by atoms with Crippen molar-refractivity contribution >= 4 is 22.5 Å². The third kappa shape index (κ3) is 4.42. The third-order valence-electron chi connectivity index (χ3n) is 5.18. The topological polar surface area (TPSA) is 45.2 Å². The number of unbranched alkanes of at least 4 members (excludes halogenated alkanes) is 1. The van der Waals surface area contributed by atoms with E-state index >= 15 is 0 Å². The molecule has 1 aromatic carbocycles. The van der Waals surface area contributed by atoms with Gasteiger partial charge in [0.1, 0.15) is 0 Å². The first kappa shape index (κ1) is 18.8. The number of para-hydroxylation sites is 1. The van der Waals surface area contributed by atoms with Crippen LogP contribution in [0.25, 0.3) is 10.9 Å². The summed E-state index contributed by atoms with van der Waals surface area (Å²) in [5.74, 6) is 0.0991. The second-order valence-corrected chi connectivity index (χ2v) is 7.31. The Kier molecular flexibility index (Phi) is 6.62. The number of benzene rings is 1. The summed E-state index contributed by atoms with van der Waals surface area (Å²) in [4.78, 5) is 19.9. The quantitative estimate of drug-likeness (QED) is 0.756. The smallest absolute Gasteiger partial charge is 0.238 e. The molecule has 1 fully saturated rings. The molecule has 0 radical (unpaired) electrons. The van der Waals surface area contributed by atoms with Gasteiger partial charge in [-0.05, 0) is 56.8 Å². The lowest BCUT2D eigenvalue weighted by atomic mass is 9.98. The third-order valence-corrected chi connectivity index (χ3v) is 5.18. The number of nitrogens with one attached hydrogen (secondary N) is 1. The summed E-state index contributed by atoms with van der Waals surface area (Å²) < 4.78 is 0. The van der Waals surface area contributed by atoms with Crippen LogP contribution in [0.4, 0.5) is 5.69 Å². The maximum Gasteiger partial charge on any atom is 0.238 e. The van der Waals surface area contributed by atoms with E-state index in [1.807, 2.05) is 12.1 Å². The molecule has 1 saturated heterocycles. The van der Waals surface area contributed by atoms with Gasteiger partial charge < -0.3 is 5.32 Å². The van der Waals surface area contributed by atoms with Gasteiger partial charge in [-0.2, -0.15) is 0 Å². The number of amides is 1. The highest BCUT2D eigenvalue weighted by Crippen LogP contribution is 2.30. The first-order chi connectivity index (χ1) is 12.7. The number of pyridine rings is 1. The van der Waals surface area contributed by atoms with Crippen LogP contribution >= 0.6 is 0 Å². The van der Waals surface area contributed by atoms with Gasteiger partial charge in [0.2, 0.25) is 5.91 Å². The van der Waals surface area contributed by atoms with E-state index in [1.165, 1.54) is 18.4 Å². The Morgan fingerprint density at radius 2 is 1.88 bits per heavy atom. The maximum atomic E-state index is 12.7. The number of fused-ring (bicyclic) bond motifs is 1. The minimum Gasteiger partial charge on any atom is -0.324 e. The number of rotatable bonds is 8. The molecule has 1 aliphatic heterocycles. The molecule has 140 valence electrons. The van der Waals surface area contributed by atoms with Crippen molar-refractivity contribution in [2.75, 3.05) is 25.0 Å². The van der Waals surface area contributed by atoms with Crippen LogP contribution in [0, 0.1) is 0 Å². The first-order valence-corrected chi connectivity index (χ1v) is 10.2. The Morgan fingerprint density at radius 3 is 2.62 bits per heavy atom. The molecular formula is C22H31N3O. The molecule has 0 saturated carbocycles. The van der Waals surface area contributed by atoms with Crippen molar-refractivity contribution in [2.24, 2.45) is 0 Å². The summed E-state index contributed by atoms with van der Waals surface area (Å²) in [5, 5.41) is 4.32. The fourth-order valence-corrected chi connectivity index (χ4v) is 3.84. The summed E-state index contributed by atoms with van der Waals surface area (Å²) in [6.07, 6.45) is 7.66.